The smallest absolute Gasteiger partial charge is 0.312 e. The molecule has 0 bridgehead atoms. The number of esters is 1. The molecule has 0 saturated carbocycles. The Morgan fingerprint density at radius 3 is 1.98 bits per heavy atom. The number of methoxy groups -OCH3 is 6. The Kier molecular flexibility index (Phi) is 7.17. The van der Waals surface area contributed by atoms with Crippen LogP contribution in [-0.2, 0) is 4.79 Å². The molecule has 0 aliphatic carbocycles. The maximum absolute atomic E-state index is 13.5. The van der Waals surface area contributed by atoms with Crippen LogP contribution in [0.3, 0.4) is 0 Å². The molecule has 10 nitrogen and oxygen atoms in total. The fourth-order valence-corrected chi connectivity index (χ4v) is 5.07. The number of hydrogen-bond acceptors (Lipinski definition) is 10. The first-order chi connectivity index (χ1) is 19.4. The van der Waals surface area contributed by atoms with Gasteiger partial charge in [0, 0.05) is 17.0 Å². The van der Waals surface area contributed by atoms with Gasteiger partial charge in [-0.05, 0) is 48.0 Å². The minimum atomic E-state index is -0.511. The Balaban J connectivity index is 1.63. The quantitative estimate of drug-likeness (QED) is 0.221. The first-order valence-corrected chi connectivity index (χ1v) is 12.3. The second-order valence-corrected chi connectivity index (χ2v) is 8.91. The number of allylic oxidation sites excluding steroid dienone is 1. The summed E-state index contributed by atoms with van der Waals surface area (Å²) < 4.78 is 44.7. The molecule has 0 amide bonds. The highest BCUT2D eigenvalue weighted by Crippen LogP contribution is 2.51. The largest absolute Gasteiger partial charge is 0.493 e. The van der Waals surface area contributed by atoms with Crippen LogP contribution in [0.5, 0.6) is 46.0 Å². The Labute approximate surface area is 230 Å². The molecule has 0 radical (unpaired) electrons. The Hall–Kier alpha value is -4.86. The van der Waals surface area contributed by atoms with E-state index < -0.39 is 11.9 Å². The highest BCUT2D eigenvalue weighted by molar-refractivity contribution is 6.15. The highest BCUT2D eigenvalue weighted by atomic mass is 16.5. The fraction of sp³-hybridized carbons (Fsp3) is 0.267. The molecule has 0 spiro atoms. The molecular weight excluding hydrogens is 520 g/mol. The number of ether oxygens (including phenoxy) is 8. The van der Waals surface area contributed by atoms with Gasteiger partial charge in [0.1, 0.15) is 11.5 Å². The number of carbonyl (C=O) groups is 2. The first-order valence-electron chi connectivity index (χ1n) is 12.3. The van der Waals surface area contributed by atoms with Gasteiger partial charge in [0.05, 0.1) is 54.6 Å². The molecule has 10 heteroatoms. The molecule has 2 aliphatic heterocycles. The molecule has 0 aromatic heterocycles. The summed E-state index contributed by atoms with van der Waals surface area (Å²) in [6.07, 6.45) is 1.60. The van der Waals surface area contributed by atoms with Gasteiger partial charge >= 0.3 is 5.97 Å². The zero-order valence-electron chi connectivity index (χ0n) is 22.9. The summed E-state index contributed by atoms with van der Waals surface area (Å²) >= 11 is 0. The lowest BCUT2D eigenvalue weighted by molar-refractivity contribution is -0.135. The summed E-state index contributed by atoms with van der Waals surface area (Å²) in [5, 5.41) is 0. The summed E-state index contributed by atoms with van der Waals surface area (Å²) in [6.45, 7) is 0. The predicted molar refractivity (Wildman–Crippen MR) is 144 cm³/mol. The highest BCUT2D eigenvalue weighted by Gasteiger charge is 2.39. The van der Waals surface area contributed by atoms with E-state index in [0.717, 1.165) is 0 Å². The molecule has 0 unspecified atom stereocenters. The van der Waals surface area contributed by atoms with Gasteiger partial charge in [-0.25, -0.2) is 0 Å². The van der Waals surface area contributed by atoms with E-state index in [1.54, 1.807) is 42.5 Å². The van der Waals surface area contributed by atoms with Crippen molar-refractivity contribution in [3.8, 4) is 46.0 Å². The zero-order chi connectivity index (χ0) is 28.6. The molecule has 2 heterocycles. The molecule has 5 rings (SSSR count). The van der Waals surface area contributed by atoms with E-state index in [1.807, 2.05) is 0 Å². The lowest BCUT2D eigenvalue weighted by atomic mass is 9.84. The van der Waals surface area contributed by atoms with Crippen LogP contribution in [0.2, 0.25) is 0 Å². The van der Waals surface area contributed by atoms with Gasteiger partial charge in [0.15, 0.2) is 28.8 Å². The number of carbonyl (C=O) groups excluding carboxylic acids is 2. The average molecular weight is 549 g/mol. The number of hydrogen-bond donors (Lipinski definition) is 0. The van der Waals surface area contributed by atoms with Crippen LogP contribution in [-0.4, -0.2) is 54.4 Å². The van der Waals surface area contributed by atoms with Gasteiger partial charge in [-0.15, -0.1) is 0 Å². The minimum Gasteiger partial charge on any atom is -0.493 e. The van der Waals surface area contributed by atoms with E-state index in [4.69, 9.17) is 37.9 Å². The normalized spacial score (nSPS) is 16.4. The maximum atomic E-state index is 13.5. The van der Waals surface area contributed by atoms with Crippen molar-refractivity contribution in [2.45, 2.75) is 12.3 Å². The third-order valence-corrected chi connectivity index (χ3v) is 6.89. The van der Waals surface area contributed by atoms with Crippen LogP contribution >= 0.6 is 0 Å². The third kappa shape index (κ3) is 4.31. The van der Waals surface area contributed by atoms with Gasteiger partial charge < -0.3 is 37.9 Å². The van der Waals surface area contributed by atoms with Crippen molar-refractivity contribution < 1.29 is 47.5 Å². The van der Waals surface area contributed by atoms with E-state index in [1.165, 1.54) is 42.7 Å². The molecule has 40 heavy (non-hydrogen) atoms. The molecule has 0 saturated heterocycles. The average Bonchev–Trinajstić information content (AvgIpc) is 3.29. The third-order valence-electron chi connectivity index (χ3n) is 6.89. The molecule has 0 N–H and O–H groups in total. The van der Waals surface area contributed by atoms with Gasteiger partial charge in [0.2, 0.25) is 17.3 Å². The van der Waals surface area contributed by atoms with Crippen molar-refractivity contribution in [1.82, 2.24) is 0 Å². The van der Waals surface area contributed by atoms with E-state index in [2.05, 4.69) is 0 Å². The van der Waals surface area contributed by atoms with Gasteiger partial charge in [-0.2, -0.15) is 0 Å². The monoisotopic (exact) mass is 548 g/mol. The molecule has 1 atom stereocenters. The molecule has 3 aromatic carbocycles. The summed E-state index contributed by atoms with van der Waals surface area (Å²) in [4.78, 5) is 26.1. The van der Waals surface area contributed by atoms with Crippen molar-refractivity contribution in [1.29, 1.82) is 0 Å². The zero-order valence-corrected chi connectivity index (χ0v) is 22.9. The maximum Gasteiger partial charge on any atom is 0.312 e. The molecular formula is C30H28O10. The molecule has 3 aromatic rings. The first kappa shape index (κ1) is 26.7. The standard InChI is InChI=1S/C30H28O10/c1-33-20-9-7-15(27(36-4)30(20)38-6)11-21-26(32)17-8-10-19-25(28(17)40-21)18(14-24(31)39-19)16-12-22(34-2)29(37-5)23(13-16)35-3/h7-13,18H,14H2,1-6H3/b21-11-/t18-/m0/s1. The second-order valence-electron chi connectivity index (χ2n) is 8.91. The summed E-state index contributed by atoms with van der Waals surface area (Å²) in [6, 6.07) is 10.2. The predicted octanol–water partition coefficient (Wildman–Crippen LogP) is 4.80. The van der Waals surface area contributed by atoms with E-state index in [0.29, 0.717) is 68.2 Å². The summed E-state index contributed by atoms with van der Waals surface area (Å²) in [5.74, 6) is 1.99. The number of ketones is 1. The lowest BCUT2D eigenvalue weighted by Gasteiger charge is -2.27. The van der Waals surface area contributed by atoms with Crippen LogP contribution in [0, 0.1) is 0 Å². The van der Waals surface area contributed by atoms with Gasteiger partial charge in [-0.3, -0.25) is 9.59 Å². The van der Waals surface area contributed by atoms with E-state index >= 15 is 0 Å². The van der Waals surface area contributed by atoms with Crippen LogP contribution in [0.15, 0.2) is 42.2 Å². The number of fused-ring (bicyclic) bond motifs is 3. The summed E-state index contributed by atoms with van der Waals surface area (Å²) in [7, 11) is 9.07. The number of rotatable bonds is 8. The Morgan fingerprint density at radius 2 is 1.38 bits per heavy atom. The van der Waals surface area contributed by atoms with E-state index in [9.17, 15) is 9.59 Å². The van der Waals surface area contributed by atoms with Crippen molar-refractivity contribution in [3.05, 3.63) is 64.4 Å². The number of Topliss-reactive ketones (excluding diaryl/α,β-unsaturated/α-hetero) is 1. The molecule has 2 aliphatic rings. The van der Waals surface area contributed by atoms with Crippen LogP contribution in [0.4, 0.5) is 0 Å². The van der Waals surface area contributed by atoms with Crippen molar-refractivity contribution in [2.24, 2.45) is 0 Å². The Morgan fingerprint density at radius 1 is 0.725 bits per heavy atom. The topological polar surface area (TPSA) is 108 Å². The van der Waals surface area contributed by atoms with Gasteiger partial charge in [-0.1, -0.05) is 0 Å². The van der Waals surface area contributed by atoms with Crippen LogP contribution in [0.1, 0.15) is 39.4 Å². The minimum absolute atomic E-state index is 0.0161. The van der Waals surface area contributed by atoms with Crippen LogP contribution in [0.25, 0.3) is 6.08 Å². The SMILES string of the molecule is COc1cc([C@@H]2CC(=O)Oc3ccc4c(c32)O/C(=C\c2ccc(OC)c(OC)c2OC)C4=O)cc(OC)c1OC. The van der Waals surface area contributed by atoms with Crippen molar-refractivity contribution >= 4 is 17.8 Å². The molecule has 208 valence electrons. The fourth-order valence-electron chi connectivity index (χ4n) is 5.07. The summed E-state index contributed by atoms with van der Waals surface area (Å²) in [5.41, 5.74) is 2.18. The van der Waals surface area contributed by atoms with Crippen LogP contribution < -0.4 is 37.9 Å². The van der Waals surface area contributed by atoms with Crippen molar-refractivity contribution in [2.75, 3.05) is 42.7 Å². The number of benzene rings is 3. The lowest BCUT2D eigenvalue weighted by Crippen LogP contribution is -2.21. The second kappa shape index (κ2) is 10.7. The molecule has 0 fully saturated rings. The van der Waals surface area contributed by atoms with E-state index in [-0.39, 0.29) is 18.0 Å². The Bertz CT molecular complexity index is 1510. The van der Waals surface area contributed by atoms with Gasteiger partial charge in [0.25, 0.3) is 0 Å². The van der Waals surface area contributed by atoms with Crippen molar-refractivity contribution in [3.63, 3.8) is 0 Å².